The van der Waals surface area contributed by atoms with E-state index in [1.807, 2.05) is 16.8 Å². The van der Waals surface area contributed by atoms with Crippen molar-refractivity contribution in [3.8, 4) is 5.95 Å². The van der Waals surface area contributed by atoms with Gasteiger partial charge < -0.3 is 9.30 Å². The first-order chi connectivity index (χ1) is 15.5. The van der Waals surface area contributed by atoms with Crippen LogP contribution in [0.2, 0.25) is 0 Å². The lowest BCUT2D eigenvalue weighted by Gasteiger charge is -2.35. The number of nitrogens with zero attached hydrogens (tertiary/aromatic N) is 5. The van der Waals surface area contributed by atoms with E-state index in [0.717, 1.165) is 12.8 Å². The zero-order valence-corrected chi connectivity index (χ0v) is 18.4. The van der Waals surface area contributed by atoms with E-state index in [1.54, 1.807) is 25.4 Å². The molecule has 0 bridgehead atoms. The van der Waals surface area contributed by atoms with Crippen molar-refractivity contribution < 1.29 is 4.74 Å². The van der Waals surface area contributed by atoms with Crippen molar-refractivity contribution in [3.63, 3.8) is 0 Å². The summed E-state index contributed by atoms with van der Waals surface area (Å²) in [5.74, 6) is 1.73. The topological polar surface area (TPSA) is 108 Å². The van der Waals surface area contributed by atoms with Gasteiger partial charge >= 0.3 is 0 Å². The molecule has 9 heteroatoms. The van der Waals surface area contributed by atoms with Gasteiger partial charge in [0.25, 0.3) is 17.1 Å². The maximum atomic E-state index is 13.4. The van der Waals surface area contributed by atoms with Gasteiger partial charge in [-0.1, -0.05) is 26.7 Å². The van der Waals surface area contributed by atoms with E-state index < -0.39 is 0 Å². The molecule has 0 radical (unpaired) electrons. The number of nitrogens with one attached hydrogen (secondary N) is 1. The van der Waals surface area contributed by atoms with Crippen molar-refractivity contribution in [1.82, 2.24) is 29.3 Å². The van der Waals surface area contributed by atoms with Crippen LogP contribution in [-0.2, 0) is 11.3 Å². The highest BCUT2D eigenvalue weighted by molar-refractivity contribution is 5.91. The van der Waals surface area contributed by atoms with Crippen molar-refractivity contribution in [2.75, 3.05) is 7.11 Å². The molecular weight excluding hydrogens is 408 g/mol. The fourth-order valence-corrected chi connectivity index (χ4v) is 4.80. The van der Waals surface area contributed by atoms with Gasteiger partial charge in [-0.2, -0.15) is 4.98 Å². The summed E-state index contributed by atoms with van der Waals surface area (Å²) in [5.41, 5.74) is 0.697. The molecule has 9 nitrogen and oxygen atoms in total. The first-order valence-electron chi connectivity index (χ1n) is 11.0. The van der Waals surface area contributed by atoms with E-state index in [9.17, 15) is 9.59 Å². The first kappa shape index (κ1) is 20.6. The third-order valence-corrected chi connectivity index (χ3v) is 6.81. The lowest BCUT2D eigenvalue weighted by Crippen LogP contribution is -2.33. The number of hydrogen-bond acceptors (Lipinski definition) is 6. The largest absolute Gasteiger partial charge is 0.377 e. The monoisotopic (exact) mass is 434 g/mol. The van der Waals surface area contributed by atoms with Gasteiger partial charge in [-0.15, -0.1) is 5.10 Å². The third-order valence-electron chi connectivity index (χ3n) is 6.81. The molecule has 32 heavy (non-hydrogen) atoms. The van der Waals surface area contributed by atoms with Crippen LogP contribution in [-0.4, -0.2) is 36.4 Å². The number of H-pyrrole nitrogens is 1. The van der Waals surface area contributed by atoms with Crippen LogP contribution < -0.4 is 11.1 Å². The standard InChI is InChI=1S/C23H26N6O3/c1-13-5-4-6-19(14(13)2)28-9-7-17-15(21(28)30)11-16-18(24-17)8-10-29(22(16)31)23-25-20(12-32-3)26-27-23/h7-11,13-14,19H,4-6,12H2,1-3H3,(H,25,26,27)/t13-,14+,19+/m1/s1. The smallest absolute Gasteiger partial charge is 0.267 e. The first-order valence-corrected chi connectivity index (χ1v) is 11.0. The molecule has 166 valence electrons. The van der Waals surface area contributed by atoms with Gasteiger partial charge in [-0.05, 0) is 36.5 Å². The molecule has 0 aromatic carbocycles. The van der Waals surface area contributed by atoms with Crippen LogP contribution in [0.5, 0.6) is 0 Å². The summed E-state index contributed by atoms with van der Waals surface area (Å²) >= 11 is 0. The summed E-state index contributed by atoms with van der Waals surface area (Å²) in [6.07, 6.45) is 6.74. The van der Waals surface area contributed by atoms with Crippen LogP contribution in [0.1, 0.15) is 45.0 Å². The summed E-state index contributed by atoms with van der Waals surface area (Å²) in [7, 11) is 1.56. The number of aromatic nitrogens is 6. The molecule has 0 aliphatic heterocycles. The zero-order chi connectivity index (χ0) is 22.4. The predicted octanol–water partition coefficient (Wildman–Crippen LogP) is 2.96. The molecule has 1 aliphatic carbocycles. The Labute approximate surface area is 184 Å². The minimum atomic E-state index is -0.325. The summed E-state index contributed by atoms with van der Waals surface area (Å²) in [6, 6.07) is 5.43. The van der Waals surface area contributed by atoms with E-state index in [0.29, 0.717) is 39.5 Å². The number of aromatic amines is 1. The molecule has 4 aromatic heterocycles. The van der Waals surface area contributed by atoms with Crippen LogP contribution in [0.4, 0.5) is 0 Å². The van der Waals surface area contributed by atoms with Crippen molar-refractivity contribution >= 4 is 21.8 Å². The Morgan fingerprint density at radius 2 is 1.81 bits per heavy atom. The number of methoxy groups -OCH3 is 1. The van der Waals surface area contributed by atoms with Crippen molar-refractivity contribution in [2.45, 2.75) is 45.8 Å². The molecule has 0 amide bonds. The average molecular weight is 435 g/mol. The number of pyridine rings is 3. The highest BCUT2D eigenvalue weighted by atomic mass is 16.5. The summed E-state index contributed by atoms with van der Waals surface area (Å²) in [4.78, 5) is 35.5. The molecule has 1 fully saturated rings. The highest BCUT2D eigenvalue weighted by Gasteiger charge is 2.29. The Hall–Kier alpha value is -3.33. The van der Waals surface area contributed by atoms with Gasteiger partial charge in [0.2, 0.25) is 0 Å². The lowest BCUT2D eigenvalue weighted by molar-refractivity contribution is 0.178. The molecule has 0 saturated heterocycles. The molecule has 1 N–H and O–H groups in total. The third kappa shape index (κ3) is 3.33. The van der Waals surface area contributed by atoms with Gasteiger partial charge in [-0.3, -0.25) is 14.7 Å². The second kappa shape index (κ2) is 7.98. The number of rotatable bonds is 4. The Bertz CT molecular complexity index is 1420. The molecule has 0 unspecified atom stereocenters. The van der Waals surface area contributed by atoms with Gasteiger partial charge in [0.15, 0.2) is 5.82 Å². The van der Waals surface area contributed by atoms with Gasteiger partial charge in [0.1, 0.15) is 6.61 Å². The van der Waals surface area contributed by atoms with E-state index >= 15 is 0 Å². The summed E-state index contributed by atoms with van der Waals surface area (Å²) in [6.45, 7) is 4.73. The number of ether oxygens (including phenoxy) is 1. The quantitative estimate of drug-likeness (QED) is 0.495. The fourth-order valence-electron chi connectivity index (χ4n) is 4.80. The maximum Gasteiger partial charge on any atom is 0.267 e. The average Bonchev–Trinajstić information content (AvgIpc) is 3.24. The lowest BCUT2D eigenvalue weighted by atomic mass is 9.78. The highest BCUT2D eigenvalue weighted by Crippen LogP contribution is 2.37. The van der Waals surface area contributed by atoms with Crippen LogP contribution in [0.3, 0.4) is 0 Å². The van der Waals surface area contributed by atoms with E-state index in [1.165, 1.54) is 11.0 Å². The summed E-state index contributed by atoms with van der Waals surface area (Å²) in [5, 5.41) is 7.67. The second-order valence-corrected chi connectivity index (χ2v) is 8.72. The molecular formula is C23H26N6O3. The fraction of sp³-hybridized carbons (Fsp3) is 0.435. The molecule has 4 aromatic rings. The molecule has 5 rings (SSSR count). The van der Waals surface area contributed by atoms with Crippen molar-refractivity contribution in [1.29, 1.82) is 0 Å². The van der Waals surface area contributed by atoms with Gasteiger partial charge in [0, 0.05) is 25.5 Å². The Balaban J connectivity index is 1.65. The van der Waals surface area contributed by atoms with Crippen LogP contribution in [0, 0.1) is 11.8 Å². The minimum Gasteiger partial charge on any atom is -0.377 e. The van der Waals surface area contributed by atoms with Crippen molar-refractivity contribution in [3.05, 3.63) is 57.1 Å². The molecule has 3 atom stereocenters. The Kier molecular flexibility index (Phi) is 5.13. The van der Waals surface area contributed by atoms with E-state index in [4.69, 9.17) is 4.74 Å². The minimum absolute atomic E-state index is 0.0991. The second-order valence-electron chi connectivity index (χ2n) is 8.72. The predicted molar refractivity (Wildman–Crippen MR) is 121 cm³/mol. The van der Waals surface area contributed by atoms with E-state index in [-0.39, 0.29) is 29.7 Å². The maximum absolute atomic E-state index is 13.4. The molecule has 0 spiro atoms. The zero-order valence-electron chi connectivity index (χ0n) is 18.4. The van der Waals surface area contributed by atoms with Gasteiger partial charge in [-0.25, -0.2) is 9.55 Å². The number of hydrogen-bond donors (Lipinski definition) is 1. The molecule has 1 saturated carbocycles. The van der Waals surface area contributed by atoms with Gasteiger partial charge in [0.05, 0.1) is 21.8 Å². The van der Waals surface area contributed by atoms with Crippen molar-refractivity contribution in [2.24, 2.45) is 11.8 Å². The molecule has 1 aliphatic rings. The Morgan fingerprint density at radius 3 is 2.59 bits per heavy atom. The van der Waals surface area contributed by atoms with E-state index in [2.05, 4.69) is 34.0 Å². The Morgan fingerprint density at radius 1 is 1.06 bits per heavy atom. The summed E-state index contributed by atoms with van der Waals surface area (Å²) < 4.78 is 8.23. The number of fused-ring (bicyclic) bond motifs is 2. The molecule has 4 heterocycles. The van der Waals surface area contributed by atoms with Crippen LogP contribution in [0.25, 0.3) is 27.8 Å². The normalized spacial score (nSPS) is 21.4. The van der Waals surface area contributed by atoms with Crippen LogP contribution >= 0.6 is 0 Å². The van der Waals surface area contributed by atoms with Crippen LogP contribution in [0.15, 0.2) is 40.2 Å². The SMILES string of the molecule is COCc1nc(-n2ccc3nc4ccn([C@H]5CCC[C@@H](C)[C@@H]5C)c(=O)c4cc3c2=O)n[nH]1.